The van der Waals surface area contributed by atoms with Crippen LogP contribution in [-0.2, 0) is 7.05 Å². The van der Waals surface area contributed by atoms with Gasteiger partial charge in [0, 0.05) is 17.8 Å². The maximum Gasteiger partial charge on any atom is 0.299 e. The standard InChI is InChI=1S/C13H7NO4/c1-14-9-8(12(17)13(14)18)10(15)6-4-2-3-5-7(6)11(9)16/h2-5H,1H3. The van der Waals surface area contributed by atoms with Gasteiger partial charge in [0.15, 0.2) is 5.43 Å². The molecule has 0 spiro atoms. The highest BCUT2D eigenvalue weighted by Gasteiger charge is 2.16. The van der Waals surface area contributed by atoms with E-state index in [2.05, 4.69) is 0 Å². The molecule has 0 radical (unpaired) electrons. The smallest absolute Gasteiger partial charge is 0.299 e. The van der Waals surface area contributed by atoms with Crippen molar-refractivity contribution in [3.8, 4) is 0 Å². The fraction of sp³-hybridized carbons (Fsp3) is 0.0769. The molecule has 5 nitrogen and oxygen atoms in total. The van der Waals surface area contributed by atoms with E-state index in [0.717, 1.165) is 4.57 Å². The van der Waals surface area contributed by atoms with Crippen molar-refractivity contribution in [3.05, 3.63) is 75.9 Å². The molecule has 0 atom stereocenters. The van der Waals surface area contributed by atoms with Crippen molar-refractivity contribution < 1.29 is 0 Å². The lowest BCUT2D eigenvalue weighted by Gasteiger charge is -1.95. The van der Waals surface area contributed by atoms with E-state index in [0.29, 0.717) is 0 Å². The van der Waals surface area contributed by atoms with Gasteiger partial charge in [-0.1, -0.05) is 24.3 Å². The van der Waals surface area contributed by atoms with Crippen LogP contribution in [0.15, 0.2) is 43.4 Å². The number of benzene rings is 1. The van der Waals surface area contributed by atoms with Gasteiger partial charge >= 0.3 is 0 Å². The third kappa shape index (κ3) is 1.05. The van der Waals surface area contributed by atoms with Crippen LogP contribution in [0.3, 0.4) is 0 Å². The van der Waals surface area contributed by atoms with Crippen LogP contribution < -0.4 is 21.8 Å². The van der Waals surface area contributed by atoms with Crippen LogP contribution in [0.2, 0.25) is 0 Å². The monoisotopic (exact) mass is 241 g/mol. The van der Waals surface area contributed by atoms with Crippen molar-refractivity contribution in [1.29, 1.82) is 0 Å². The van der Waals surface area contributed by atoms with E-state index >= 15 is 0 Å². The van der Waals surface area contributed by atoms with Crippen molar-refractivity contribution in [2.75, 3.05) is 0 Å². The summed E-state index contributed by atoms with van der Waals surface area (Å²) >= 11 is 0. The van der Waals surface area contributed by atoms with Gasteiger partial charge in [0.05, 0.1) is 0 Å². The van der Waals surface area contributed by atoms with E-state index in [1.807, 2.05) is 0 Å². The van der Waals surface area contributed by atoms with E-state index in [1.165, 1.54) is 19.2 Å². The lowest BCUT2D eigenvalue weighted by Crippen LogP contribution is -2.27. The molecule has 0 fully saturated rings. The highest BCUT2D eigenvalue weighted by atomic mass is 16.2. The Labute approximate surface area is 98.9 Å². The van der Waals surface area contributed by atoms with Crippen molar-refractivity contribution in [2.24, 2.45) is 7.05 Å². The zero-order chi connectivity index (χ0) is 13.0. The molecular formula is C13H7NO4. The molecule has 1 aliphatic heterocycles. The van der Waals surface area contributed by atoms with Gasteiger partial charge in [0.1, 0.15) is 10.6 Å². The van der Waals surface area contributed by atoms with E-state index in [1.54, 1.807) is 12.1 Å². The Morgan fingerprint density at radius 3 is 2.00 bits per heavy atom. The summed E-state index contributed by atoms with van der Waals surface area (Å²) in [6.07, 6.45) is 0. The Hall–Kier alpha value is -2.56. The maximum atomic E-state index is 12.2. The summed E-state index contributed by atoms with van der Waals surface area (Å²) in [5.41, 5.74) is -2.75. The Kier molecular flexibility index (Phi) is 1.90. The number of fused-ring (bicyclic) bond motifs is 1. The zero-order valence-corrected chi connectivity index (χ0v) is 9.39. The number of hydrogen-bond donors (Lipinski definition) is 0. The molecule has 1 aromatic rings. The summed E-state index contributed by atoms with van der Waals surface area (Å²) in [6.45, 7) is 0. The summed E-state index contributed by atoms with van der Waals surface area (Å²) < 4.78 is 0.952. The molecular weight excluding hydrogens is 234 g/mol. The van der Waals surface area contributed by atoms with Crippen molar-refractivity contribution in [1.82, 2.24) is 4.57 Å². The number of aromatic nitrogens is 1. The first-order valence-corrected chi connectivity index (χ1v) is 5.29. The van der Waals surface area contributed by atoms with Gasteiger partial charge in [-0.05, 0) is 0 Å². The highest BCUT2D eigenvalue weighted by Crippen LogP contribution is 2.04. The summed E-state index contributed by atoms with van der Waals surface area (Å²) in [7, 11) is 1.32. The topological polar surface area (TPSA) is 73.2 Å². The van der Waals surface area contributed by atoms with Crippen LogP contribution in [0, 0.1) is 10.6 Å². The largest absolute Gasteiger partial charge is 0.304 e. The second-order valence-corrected chi connectivity index (χ2v) is 4.12. The van der Waals surface area contributed by atoms with Gasteiger partial charge in [0.25, 0.3) is 11.0 Å². The predicted molar refractivity (Wildman–Crippen MR) is 65.7 cm³/mol. The van der Waals surface area contributed by atoms with E-state index < -0.39 is 21.8 Å². The van der Waals surface area contributed by atoms with Gasteiger partial charge < -0.3 is 4.57 Å². The Bertz CT molecular complexity index is 1050. The first kappa shape index (κ1) is 10.6. The molecule has 5 heteroatoms. The van der Waals surface area contributed by atoms with Crippen LogP contribution in [-0.4, -0.2) is 4.57 Å². The lowest BCUT2D eigenvalue weighted by atomic mass is 10.1. The molecule has 18 heavy (non-hydrogen) atoms. The lowest BCUT2D eigenvalue weighted by molar-refractivity contribution is 0.844. The van der Waals surface area contributed by atoms with Crippen molar-refractivity contribution >= 4 is 10.8 Å². The van der Waals surface area contributed by atoms with Crippen molar-refractivity contribution in [2.45, 2.75) is 0 Å². The molecule has 0 N–H and O–H groups in total. The first-order valence-electron chi connectivity index (χ1n) is 5.29. The van der Waals surface area contributed by atoms with Crippen LogP contribution in [0.25, 0.3) is 10.8 Å². The molecule has 0 amide bonds. The van der Waals surface area contributed by atoms with E-state index in [9.17, 15) is 19.2 Å². The van der Waals surface area contributed by atoms with Crippen LogP contribution in [0.4, 0.5) is 0 Å². The molecule has 0 saturated heterocycles. The summed E-state index contributed by atoms with van der Waals surface area (Å²) in [5.74, 6) is 0. The van der Waals surface area contributed by atoms with E-state index in [4.69, 9.17) is 0 Å². The average molecular weight is 241 g/mol. The minimum atomic E-state index is -0.902. The van der Waals surface area contributed by atoms with E-state index in [-0.39, 0.29) is 21.3 Å². The molecule has 2 aliphatic rings. The fourth-order valence-electron chi connectivity index (χ4n) is 2.25. The van der Waals surface area contributed by atoms with Gasteiger partial charge in [-0.15, -0.1) is 0 Å². The molecule has 0 unspecified atom stereocenters. The number of nitrogens with zero attached hydrogens (tertiary/aromatic N) is 1. The maximum absolute atomic E-state index is 12.2. The average Bonchev–Trinajstić information content (AvgIpc) is 2.61. The minimum Gasteiger partial charge on any atom is -0.304 e. The molecule has 0 aromatic heterocycles. The third-order valence-corrected chi connectivity index (χ3v) is 3.16. The SMILES string of the molecule is Cn1c(=O)c(=O)c2c(=O)c3ccccc3c(=O)c1=2. The molecule has 3 rings (SSSR count). The van der Waals surface area contributed by atoms with Crippen LogP contribution in [0.5, 0.6) is 0 Å². The Morgan fingerprint density at radius 2 is 1.39 bits per heavy atom. The Balaban J connectivity index is 3.00. The molecule has 0 saturated carbocycles. The molecule has 0 bridgehead atoms. The number of hydrogen-bond acceptors (Lipinski definition) is 4. The predicted octanol–water partition coefficient (Wildman–Crippen LogP) is -0.781. The second kappa shape index (κ2) is 3.22. The minimum absolute atomic E-state index is 0.103. The molecule has 88 valence electrons. The third-order valence-electron chi connectivity index (χ3n) is 3.16. The van der Waals surface area contributed by atoms with Crippen molar-refractivity contribution in [3.63, 3.8) is 0 Å². The fourth-order valence-corrected chi connectivity index (χ4v) is 2.25. The highest BCUT2D eigenvalue weighted by molar-refractivity contribution is 5.82. The van der Waals surface area contributed by atoms with Gasteiger partial charge in [-0.2, -0.15) is 0 Å². The van der Waals surface area contributed by atoms with Gasteiger partial charge in [-0.3, -0.25) is 19.2 Å². The first-order chi connectivity index (χ1) is 8.54. The molecule has 1 aromatic carbocycles. The van der Waals surface area contributed by atoms with Crippen LogP contribution >= 0.6 is 0 Å². The summed E-state index contributed by atoms with van der Waals surface area (Å²) in [6, 6.07) is 6.24. The quantitative estimate of drug-likeness (QED) is 0.484. The van der Waals surface area contributed by atoms with Crippen LogP contribution in [0.1, 0.15) is 0 Å². The zero-order valence-electron chi connectivity index (χ0n) is 9.39. The molecule has 1 heterocycles. The Morgan fingerprint density at radius 1 is 0.833 bits per heavy atom. The number of rotatable bonds is 0. The second-order valence-electron chi connectivity index (χ2n) is 4.12. The van der Waals surface area contributed by atoms with Gasteiger partial charge in [0.2, 0.25) is 5.43 Å². The van der Waals surface area contributed by atoms with Gasteiger partial charge in [-0.25, -0.2) is 0 Å². The summed E-state index contributed by atoms with van der Waals surface area (Å²) in [5, 5.41) is 0.00759. The summed E-state index contributed by atoms with van der Waals surface area (Å²) in [4.78, 5) is 47.6. The molecule has 1 aliphatic carbocycles. The normalized spacial score (nSPS) is 11.4.